The number of amides is 1. The van der Waals surface area contributed by atoms with Gasteiger partial charge in [-0.05, 0) is 36.6 Å². The van der Waals surface area contributed by atoms with Crippen LogP contribution < -0.4 is 5.32 Å². The predicted octanol–water partition coefficient (Wildman–Crippen LogP) is 1.82. The van der Waals surface area contributed by atoms with Gasteiger partial charge in [-0.3, -0.25) is 9.69 Å². The number of carbonyl (C=O) groups excluding carboxylic acids is 1. The molecule has 0 fully saturated rings. The van der Waals surface area contributed by atoms with E-state index in [-0.39, 0.29) is 5.75 Å². The first-order valence-corrected chi connectivity index (χ1v) is 6.65. The predicted molar refractivity (Wildman–Crippen MR) is 70.7 cm³/mol. The summed E-state index contributed by atoms with van der Waals surface area (Å²) >= 11 is 0. The summed E-state index contributed by atoms with van der Waals surface area (Å²) in [5, 5.41) is 11.4. The number of halogens is 3. The third-order valence-corrected chi connectivity index (χ3v) is 3.62. The minimum atomic E-state index is -4.41. The van der Waals surface area contributed by atoms with E-state index in [0.29, 0.717) is 19.5 Å². The number of hydrogen-bond acceptors (Lipinski definition) is 3. The van der Waals surface area contributed by atoms with Crippen LogP contribution in [-0.4, -0.2) is 41.2 Å². The van der Waals surface area contributed by atoms with Crippen LogP contribution in [0.25, 0.3) is 0 Å². The zero-order valence-corrected chi connectivity index (χ0v) is 11.6. The van der Waals surface area contributed by atoms with Crippen molar-refractivity contribution < 1.29 is 23.1 Å². The molecule has 2 rings (SSSR count). The quantitative estimate of drug-likeness (QED) is 0.895. The van der Waals surface area contributed by atoms with E-state index < -0.39 is 24.7 Å². The minimum absolute atomic E-state index is 0.143. The van der Waals surface area contributed by atoms with Crippen molar-refractivity contribution in [2.24, 2.45) is 0 Å². The molecule has 1 aromatic rings. The highest BCUT2D eigenvalue weighted by atomic mass is 19.4. The SMILES string of the molecule is CC(C(=O)NCC(F)(F)F)N1CCc2ccc(O)cc2C1. The molecule has 0 aliphatic carbocycles. The second-order valence-electron chi connectivity index (χ2n) is 5.18. The smallest absolute Gasteiger partial charge is 0.405 e. The average molecular weight is 302 g/mol. The molecule has 7 heteroatoms. The topological polar surface area (TPSA) is 52.6 Å². The van der Waals surface area contributed by atoms with E-state index in [2.05, 4.69) is 0 Å². The molecule has 0 spiro atoms. The summed E-state index contributed by atoms with van der Waals surface area (Å²) in [6, 6.07) is 4.41. The van der Waals surface area contributed by atoms with Gasteiger partial charge in [0, 0.05) is 13.1 Å². The minimum Gasteiger partial charge on any atom is -0.508 e. The number of alkyl halides is 3. The Balaban J connectivity index is 1.98. The van der Waals surface area contributed by atoms with Crippen LogP contribution in [0.5, 0.6) is 5.75 Å². The van der Waals surface area contributed by atoms with Crippen LogP contribution in [0.15, 0.2) is 18.2 Å². The molecule has 1 aliphatic heterocycles. The number of hydrogen-bond donors (Lipinski definition) is 2. The van der Waals surface area contributed by atoms with Crippen LogP contribution in [0, 0.1) is 0 Å². The number of carbonyl (C=O) groups is 1. The van der Waals surface area contributed by atoms with E-state index in [9.17, 15) is 23.1 Å². The van der Waals surface area contributed by atoms with Crippen LogP contribution in [-0.2, 0) is 17.8 Å². The van der Waals surface area contributed by atoms with E-state index in [1.165, 1.54) is 0 Å². The van der Waals surface area contributed by atoms with Crippen LogP contribution in [0.4, 0.5) is 13.2 Å². The van der Waals surface area contributed by atoms with Crippen molar-refractivity contribution in [3.63, 3.8) is 0 Å². The number of rotatable bonds is 3. The van der Waals surface area contributed by atoms with E-state index in [4.69, 9.17) is 0 Å². The molecule has 0 bridgehead atoms. The Morgan fingerprint density at radius 2 is 2.14 bits per heavy atom. The summed E-state index contributed by atoms with van der Waals surface area (Å²) in [7, 11) is 0. The number of aromatic hydroxyl groups is 1. The summed E-state index contributed by atoms with van der Waals surface area (Å²) in [5.74, 6) is -0.499. The van der Waals surface area contributed by atoms with Gasteiger partial charge in [0.2, 0.25) is 5.91 Å². The molecule has 0 radical (unpaired) electrons. The molecule has 1 heterocycles. The van der Waals surface area contributed by atoms with E-state index >= 15 is 0 Å². The lowest BCUT2D eigenvalue weighted by Crippen LogP contribution is -2.48. The first kappa shape index (κ1) is 15.6. The zero-order chi connectivity index (χ0) is 15.6. The molecule has 1 aromatic carbocycles. The van der Waals surface area contributed by atoms with E-state index in [1.807, 2.05) is 11.4 Å². The molecule has 1 aliphatic rings. The number of nitrogens with one attached hydrogen (secondary N) is 1. The molecular formula is C14H17F3N2O2. The van der Waals surface area contributed by atoms with Gasteiger partial charge in [0.05, 0.1) is 6.04 Å². The molecule has 0 saturated carbocycles. The number of phenolic OH excluding ortho intramolecular Hbond substituents is 1. The first-order chi connectivity index (χ1) is 9.76. The van der Waals surface area contributed by atoms with Crippen molar-refractivity contribution in [3.8, 4) is 5.75 Å². The van der Waals surface area contributed by atoms with Gasteiger partial charge >= 0.3 is 6.18 Å². The molecular weight excluding hydrogens is 285 g/mol. The highest BCUT2D eigenvalue weighted by Crippen LogP contribution is 2.24. The number of fused-ring (bicyclic) bond motifs is 1. The summed E-state index contributed by atoms with van der Waals surface area (Å²) in [6.45, 7) is 1.30. The Bertz CT molecular complexity index is 531. The van der Waals surface area contributed by atoms with Crippen LogP contribution in [0.3, 0.4) is 0 Å². The van der Waals surface area contributed by atoms with Crippen molar-refractivity contribution in [3.05, 3.63) is 29.3 Å². The lowest BCUT2D eigenvalue weighted by molar-refractivity contribution is -0.141. The third kappa shape index (κ3) is 4.10. The van der Waals surface area contributed by atoms with Gasteiger partial charge < -0.3 is 10.4 Å². The molecule has 1 unspecified atom stereocenters. The molecule has 0 saturated heterocycles. The van der Waals surface area contributed by atoms with Gasteiger partial charge in [-0.25, -0.2) is 0 Å². The Labute approximate surface area is 120 Å². The lowest BCUT2D eigenvalue weighted by Gasteiger charge is -2.33. The second-order valence-corrected chi connectivity index (χ2v) is 5.18. The molecule has 2 N–H and O–H groups in total. The van der Waals surface area contributed by atoms with E-state index in [0.717, 1.165) is 11.1 Å². The molecule has 1 amide bonds. The Hall–Kier alpha value is -1.76. The summed E-state index contributed by atoms with van der Waals surface area (Å²) in [5.41, 5.74) is 1.99. The van der Waals surface area contributed by atoms with Gasteiger partial charge in [0.25, 0.3) is 0 Å². The summed E-state index contributed by atoms with van der Waals surface area (Å²) in [6.07, 6.45) is -3.71. The average Bonchev–Trinajstić information content (AvgIpc) is 2.42. The Morgan fingerprint density at radius 3 is 2.81 bits per heavy atom. The van der Waals surface area contributed by atoms with Gasteiger partial charge in [0.1, 0.15) is 12.3 Å². The molecule has 4 nitrogen and oxygen atoms in total. The molecule has 21 heavy (non-hydrogen) atoms. The molecule has 0 aromatic heterocycles. The van der Waals surface area contributed by atoms with Gasteiger partial charge in [0.15, 0.2) is 0 Å². The highest BCUT2D eigenvalue weighted by Gasteiger charge is 2.31. The lowest BCUT2D eigenvalue weighted by atomic mass is 9.98. The first-order valence-electron chi connectivity index (χ1n) is 6.65. The van der Waals surface area contributed by atoms with Gasteiger partial charge in [-0.15, -0.1) is 0 Å². The number of nitrogens with zero attached hydrogens (tertiary/aromatic N) is 1. The van der Waals surface area contributed by atoms with Crippen molar-refractivity contribution in [2.75, 3.05) is 13.1 Å². The van der Waals surface area contributed by atoms with Gasteiger partial charge in [-0.1, -0.05) is 6.07 Å². The number of phenols is 1. The fraction of sp³-hybridized carbons (Fsp3) is 0.500. The van der Waals surface area contributed by atoms with Crippen molar-refractivity contribution >= 4 is 5.91 Å². The highest BCUT2D eigenvalue weighted by molar-refractivity contribution is 5.81. The Morgan fingerprint density at radius 1 is 1.43 bits per heavy atom. The summed E-state index contributed by atoms with van der Waals surface area (Å²) in [4.78, 5) is 13.6. The van der Waals surface area contributed by atoms with Crippen molar-refractivity contribution in [1.82, 2.24) is 10.2 Å². The largest absolute Gasteiger partial charge is 0.508 e. The Kier molecular flexibility index (Phi) is 4.41. The maximum Gasteiger partial charge on any atom is 0.405 e. The van der Waals surface area contributed by atoms with Crippen LogP contribution in [0.1, 0.15) is 18.1 Å². The fourth-order valence-electron chi connectivity index (χ4n) is 2.40. The van der Waals surface area contributed by atoms with Crippen LogP contribution in [0.2, 0.25) is 0 Å². The maximum absolute atomic E-state index is 12.1. The molecule has 116 valence electrons. The maximum atomic E-state index is 12.1. The number of benzene rings is 1. The van der Waals surface area contributed by atoms with Crippen LogP contribution >= 0.6 is 0 Å². The fourth-order valence-corrected chi connectivity index (χ4v) is 2.40. The normalized spacial score (nSPS) is 17.1. The zero-order valence-electron chi connectivity index (χ0n) is 11.6. The monoisotopic (exact) mass is 302 g/mol. The second kappa shape index (κ2) is 5.93. The standard InChI is InChI=1S/C14H17F3N2O2/c1-9(13(21)18-8-14(15,16)17)19-5-4-10-2-3-12(20)6-11(10)7-19/h2-3,6,9,20H,4-5,7-8H2,1H3,(H,18,21). The molecule has 1 atom stereocenters. The van der Waals surface area contributed by atoms with Gasteiger partial charge in [-0.2, -0.15) is 13.2 Å². The van der Waals surface area contributed by atoms with Crippen molar-refractivity contribution in [2.45, 2.75) is 32.1 Å². The van der Waals surface area contributed by atoms with E-state index in [1.54, 1.807) is 24.0 Å². The summed E-state index contributed by atoms with van der Waals surface area (Å²) < 4.78 is 36.3. The van der Waals surface area contributed by atoms with Crippen molar-refractivity contribution in [1.29, 1.82) is 0 Å². The third-order valence-electron chi connectivity index (χ3n) is 3.62.